The van der Waals surface area contributed by atoms with E-state index in [1.165, 1.54) is 12.8 Å². The molecule has 0 radical (unpaired) electrons. The predicted octanol–water partition coefficient (Wildman–Crippen LogP) is 2.98. The van der Waals surface area contributed by atoms with Crippen LogP contribution < -0.4 is 5.32 Å². The predicted molar refractivity (Wildman–Crippen MR) is 56.4 cm³/mol. The number of nitrogens with one attached hydrogen (secondary N) is 1. The molecule has 1 unspecified atom stereocenters. The summed E-state index contributed by atoms with van der Waals surface area (Å²) in [6.45, 7) is 11.6. The average molecular weight is 169 g/mol. The number of hydrogen-bond donors (Lipinski definition) is 1. The van der Waals surface area contributed by atoms with E-state index < -0.39 is 0 Å². The highest BCUT2D eigenvalue weighted by atomic mass is 14.9. The van der Waals surface area contributed by atoms with Gasteiger partial charge in [-0.05, 0) is 31.7 Å². The Hall–Kier alpha value is -0.300. The second kappa shape index (κ2) is 7.35. The lowest BCUT2D eigenvalue weighted by Gasteiger charge is -2.10. The lowest BCUT2D eigenvalue weighted by molar-refractivity contribution is 0.481. The summed E-state index contributed by atoms with van der Waals surface area (Å²) < 4.78 is 0. The van der Waals surface area contributed by atoms with Gasteiger partial charge in [0.15, 0.2) is 0 Å². The van der Waals surface area contributed by atoms with Crippen molar-refractivity contribution in [3.63, 3.8) is 0 Å². The fourth-order valence-corrected chi connectivity index (χ4v) is 1.24. The van der Waals surface area contributed by atoms with E-state index in [0.29, 0.717) is 6.04 Å². The Morgan fingerprint density at radius 3 is 2.50 bits per heavy atom. The number of hydrogen-bond acceptors (Lipinski definition) is 1. The quantitative estimate of drug-likeness (QED) is 0.456. The molecule has 0 aromatic carbocycles. The summed E-state index contributed by atoms with van der Waals surface area (Å²) in [5.41, 5.74) is 0. The first kappa shape index (κ1) is 11.7. The highest BCUT2D eigenvalue weighted by Crippen LogP contribution is 2.09. The van der Waals surface area contributed by atoms with Gasteiger partial charge in [0.1, 0.15) is 0 Å². The van der Waals surface area contributed by atoms with Gasteiger partial charge in [-0.2, -0.15) is 0 Å². The van der Waals surface area contributed by atoms with Crippen LogP contribution in [-0.2, 0) is 0 Å². The van der Waals surface area contributed by atoms with Crippen molar-refractivity contribution in [1.82, 2.24) is 5.32 Å². The zero-order chi connectivity index (χ0) is 9.40. The molecular formula is C11H23N. The van der Waals surface area contributed by atoms with Crippen LogP contribution in [0.3, 0.4) is 0 Å². The minimum absolute atomic E-state index is 0.625. The van der Waals surface area contributed by atoms with Crippen molar-refractivity contribution in [3.8, 4) is 0 Å². The molecule has 12 heavy (non-hydrogen) atoms. The molecule has 1 atom stereocenters. The van der Waals surface area contributed by atoms with Gasteiger partial charge in [0.05, 0.1) is 0 Å². The van der Waals surface area contributed by atoms with E-state index >= 15 is 0 Å². The molecule has 0 rings (SSSR count). The molecule has 1 heteroatoms. The van der Waals surface area contributed by atoms with Crippen LogP contribution in [0.25, 0.3) is 0 Å². The largest absolute Gasteiger partial charge is 0.315 e. The first-order valence-corrected chi connectivity index (χ1v) is 5.01. The molecule has 0 fully saturated rings. The Kier molecular flexibility index (Phi) is 7.17. The summed E-state index contributed by atoms with van der Waals surface area (Å²) in [6.07, 6.45) is 5.77. The van der Waals surface area contributed by atoms with E-state index in [2.05, 4.69) is 32.7 Å². The van der Waals surface area contributed by atoms with Gasteiger partial charge in [0.25, 0.3) is 0 Å². The van der Waals surface area contributed by atoms with Crippen LogP contribution in [0.4, 0.5) is 0 Å². The topological polar surface area (TPSA) is 12.0 Å². The van der Waals surface area contributed by atoms with Gasteiger partial charge in [-0.1, -0.05) is 26.8 Å². The molecule has 0 aliphatic carbocycles. The molecular weight excluding hydrogens is 146 g/mol. The van der Waals surface area contributed by atoms with Crippen molar-refractivity contribution in [1.29, 1.82) is 0 Å². The van der Waals surface area contributed by atoms with E-state index in [0.717, 1.165) is 18.9 Å². The molecule has 0 aromatic rings. The Labute approximate surface area is 77.2 Å². The third-order valence-corrected chi connectivity index (χ3v) is 2.00. The van der Waals surface area contributed by atoms with Crippen molar-refractivity contribution in [2.24, 2.45) is 5.92 Å². The third kappa shape index (κ3) is 7.80. The first-order valence-electron chi connectivity index (χ1n) is 5.01. The lowest BCUT2D eigenvalue weighted by Crippen LogP contribution is -2.23. The molecule has 0 heterocycles. The molecule has 0 bridgehead atoms. The van der Waals surface area contributed by atoms with Crippen molar-refractivity contribution in [3.05, 3.63) is 12.7 Å². The minimum atomic E-state index is 0.625. The summed E-state index contributed by atoms with van der Waals surface area (Å²) in [4.78, 5) is 0. The standard InChI is InChI=1S/C11H23N/c1-5-7-11(4)8-6-9-12-10(2)3/h5,10-12H,1,6-9H2,2-4H3. The Morgan fingerprint density at radius 2 is 2.00 bits per heavy atom. The van der Waals surface area contributed by atoms with E-state index in [4.69, 9.17) is 0 Å². The molecule has 0 amide bonds. The normalized spacial score (nSPS) is 13.3. The highest BCUT2D eigenvalue weighted by molar-refractivity contribution is 4.70. The second-order valence-electron chi connectivity index (χ2n) is 3.88. The Bertz CT molecular complexity index is 108. The maximum atomic E-state index is 3.74. The highest BCUT2D eigenvalue weighted by Gasteiger charge is 1.98. The fourth-order valence-electron chi connectivity index (χ4n) is 1.24. The van der Waals surface area contributed by atoms with Gasteiger partial charge < -0.3 is 5.32 Å². The van der Waals surface area contributed by atoms with Crippen molar-refractivity contribution in [2.45, 2.75) is 46.1 Å². The molecule has 0 saturated heterocycles. The zero-order valence-electron chi connectivity index (χ0n) is 8.77. The van der Waals surface area contributed by atoms with Gasteiger partial charge in [-0.15, -0.1) is 6.58 Å². The molecule has 72 valence electrons. The molecule has 0 spiro atoms. The number of rotatable bonds is 7. The van der Waals surface area contributed by atoms with Gasteiger partial charge in [0, 0.05) is 6.04 Å². The SMILES string of the molecule is C=CCC(C)CCCNC(C)C. The van der Waals surface area contributed by atoms with Crippen molar-refractivity contribution >= 4 is 0 Å². The van der Waals surface area contributed by atoms with E-state index in [1.807, 2.05) is 6.08 Å². The molecule has 0 aliphatic heterocycles. The van der Waals surface area contributed by atoms with Crippen LogP contribution >= 0.6 is 0 Å². The summed E-state index contributed by atoms with van der Waals surface area (Å²) in [7, 11) is 0. The number of allylic oxidation sites excluding steroid dienone is 1. The van der Waals surface area contributed by atoms with Crippen LogP contribution in [0.2, 0.25) is 0 Å². The van der Waals surface area contributed by atoms with Gasteiger partial charge in [-0.25, -0.2) is 0 Å². The molecule has 0 aromatic heterocycles. The maximum absolute atomic E-state index is 3.74. The first-order chi connectivity index (χ1) is 5.66. The minimum Gasteiger partial charge on any atom is -0.315 e. The maximum Gasteiger partial charge on any atom is 0.00103 e. The van der Waals surface area contributed by atoms with Crippen molar-refractivity contribution < 1.29 is 0 Å². The fraction of sp³-hybridized carbons (Fsp3) is 0.818. The smallest absolute Gasteiger partial charge is 0.00103 e. The summed E-state index contributed by atoms with van der Waals surface area (Å²) >= 11 is 0. The van der Waals surface area contributed by atoms with E-state index in [-0.39, 0.29) is 0 Å². The van der Waals surface area contributed by atoms with Crippen LogP contribution in [0, 0.1) is 5.92 Å². The molecule has 0 aliphatic rings. The third-order valence-electron chi connectivity index (χ3n) is 2.00. The molecule has 1 N–H and O–H groups in total. The zero-order valence-corrected chi connectivity index (χ0v) is 8.77. The van der Waals surface area contributed by atoms with Crippen LogP contribution in [0.15, 0.2) is 12.7 Å². The Balaban J connectivity index is 3.13. The van der Waals surface area contributed by atoms with Crippen LogP contribution in [0.1, 0.15) is 40.0 Å². The van der Waals surface area contributed by atoms with Gasteiger partial charge in [0.2, 0.25) is 0 Å². The van der Waals surface area contributed by atoms with Gasteiger partial charge in [-0.3, -0.25) is 0 Å². The summed E-state index contributed by atoms with van der Waals surface area (Å²) in [5, 5.41) is 3.42. The monoisotopic (exact) mass is 169 g/mol. The van der Waals surface area contributed by atoms with E-state index in [9.17, 15) is 0 Å². The Morgan fingerprint density at radius 1 is 1.33 bits per heavy atom. The molecule has 1 nitrogen and oxygen atoms in total. The average Bonchev–Trinajstić information content (AvgIpc) is 1.98. The van der Waals surface area contributed by atoms with Gasteiger partial charge >= 0.3 is 0 Å². The molecule has 0 saturated carbocycles. The second-order valence-corrected chi connectivity index (χ2v) is 3.88. The summed E-state index contributed by atoms with van der Waals surface area (Å²) in [5.74, 6) is 0.802. The lowest BCUT2D eigenvalue weighted by atomic mass is 10.0. The van der Waals surface area contributed by atoms with Crippen LogP contribution in [-0.4, -0.2) is 12.6 Å². The summed E-state index contributed by atoms with van der Waals surface area (Å²) in [6, 6.07) is 0.625. The van der Waals surface area contributed by atoms with E-state index in [1.54, 1.807) is 0 Å². The van der Waals surface area contributed by atoms with Crippen molar-refractivity contribution in [2.75, 3.05) is 6.54 Å². The van der Waals surface area contributed by atoms with Crippen LogP contribution in [0.5, 0.6) is 0 Å².